The van der Waals surface area contributed by atoms with E-state index in [1.165, 1.54) is 14.2 Å². The second kappa shape index (κ2) is 6.10. The number of fused-ring (bicyclic) bond motifs is 1. The predicted octanol–water partition coefficient (Wildman–Crippen LogP) is 4.55. The largest absolute Gasteiger partial charge is 0.495 e. The van der Waals surface area contributed by atoms with Crippen LogP contribution in [0.2, 0.25) is 10.0 Å². The Kier molecular flexibility index (Phi) is 4.33. The van der Waals surface area contributed by atoms with E-state index < -0.39 is 0 Å². The van der Waals surface area contributed by atoms with Gasteiger partial charge in [0.25, 0.3) is 0 Å². The molecule has 5 nitrogen and oxygen atoms in total. The summed E-state index contributed by atoms with van der Waals surface area (Å²) in [6.45, 7) is 0. The third kappa shape index (κ3) is 2.49. The van der Waals surface area contributed by atoms with Gasteiger partial charge >= 0.3 is 0 Å². The molecule has 0 fully saturated rings. The number of benzene rings is 1. The molecule has 0 aliphatic carbocycles. The van der Waals surface area contributed by atoms with Crippen molar-refractivity contribution in [3.63, 3.8) is 0 Å². The van der Waals surface area contributed by atoms with E-state index in [-0.39, 0.29) is 0 Å². The van der Waals surface area contributed by atoms with Gasteiger partial charge in [-0.25, -0.2) is 0 Å². The molecule has 0 bridgehead atoms. The number of aromatic nitrogens is 3. The smallest absolute Gasteiger partial charge is 0.141 e. The highest BCUT2D eigenvalue weighted by atomic mass is 127. The number of hydrogen-bond acceptors (Lipinski definition) is 4. The lowest BCUT2D eigenvalue weighted by atomic mass is 10.1. The molecule has 2 heterocycles. The Morgan fingerprint density at radius 2 is 1.73 bits per heavy atom. The Balaban J connectivity index is 2.28. The number of pyridine rings is 1. The van der Waals surface area contributed by atoms with Crippen LogP contribution in [0.15, 0.2) is 18.3 Å². The predicted molar refractivity (Wildman–Crippen MR) is 95.2 cm³/mol. The molecule has 3 rings (SSSR count). The first-order chi connectivity index (χ1) is 10.6. The van der Waals surface area contributed by atoms with E-state index in [0.29, 0.717) is 32.8 Å². The number of hydrogen-bond donors (Lipinski definition) is 1. The van der Waals surface area contributed by atoms with Crippen molar-refractivity contribution < 1.29 is 9.47 Å². The fraction of sp³-hybridized carbons (Fsp3) is 0.143. The van der Waals surface area contributed by atoms with Gasteiger partial charge in [0.1, 0.15) is 15.2 Å². The molecule has 22 heavy (non-hydrogen) atoms. The van der Waals surface area contributed by atoms with Gasteiger partial charge in [-0.2, -0.15) is 5.10 Å². The van der Waals surface area contributed by atoms with Crippen LogP contribution in [-0.4, -0.2) is 29.4 Å². The van der Waals surface area contributed by atoms with Crippen molar-refractivity contribution in [3.8, 4) is 22.8 Å². The summed E-state index contributed by atoms with van der Waals surface area (Å²) in [4.78, 5) is 4.44. The van der Waals surface area contributed by atoms with Gasteiger partial charge in [-0.05, 0) is 28.7 Å². The molecule has 0 unspecified atom stereocenters. The lowest BCUT2D eigenvalue weighted by Gasteiger charge is -2.14. The highest BCUT2D eigenvalue weighted by Crippen LogP contribution is 2.45. The summed E-state index contributed by atoms with van der Waals surface area (Å²) in [5, 5.41) is 8.84. The number of ether oxygens (including phenoxy) is 2. The van der Waals surface area contributed by atoms with Crippen molar-refractivity contribution in [2.75, 3.05) is 14.2 Å². The van der Waals surface area contributed by atoms with Crippen molar-refractivity contribution in [2.45, 2.75) is 0 Å². The number of H-pyrrole nitrogens is 1. The maximum Gasteiger partial charge on any atom is 0.141 e. The van der Waals surface area contributed by atoms with Crippen LogP contribution in [0.3, 0.4) is 0 Å². The standard InChI is InChI=1S/C14H10Cl2IN3O2/c1-21-9-4-10(22-2)13(16)11(12(9)15)8-3-7-6(5-18-8)14(17)20-19-7/h3-5H,1-2H3,(H,19,20). The molecule has 0 spiro atoms. The number of methoxy groups -OCH3 is 2. The van der Waals surface area contributed by atoms with Crippen LogP contribution in [0.5, 0.6) is 11.5 Å². The van der Waals surface area contributed by atoms with Gasteiger partial charge in [0, 0.05) is 17.8 Å². The first-order valence-corrected chi connectivity index (χ1v) is 8.00. The molecule has 3 aromatic rings. The monoisotopic (exact) mass is 449 g/mol. The summed E-state index contributed by atoms with van der Waals surface area (Å²) in [5.41, 5.74) is 1.94. The molecule has 0 radical (unpaired) electrons. The molecular formula is C14H10Cl2IN3O2. The van der Waals surface area contributed by atoms with Crippen LogP contribution >= 0.6 is 45.8 Å². The fourth-order valence-electron chi connectivity index (χ4n) is 2.12. The summed E-state index contributed by atoms with van der Waals surface area (Å²) in [6.07, 6.45) is 1.73. The van der Waals surface area contributed by atoms with Crippen molar-refractivity contribution >= 4 is 56.7 Å². The molecular weight excluding hydrogens is 440 g/mol. The number of aromatic amines is 1. The third-order valence-corrected chi connectivity index (χ3v) is 4.80. The molecule has 1 aromatic carbocycles. The van der Waals surface area contributed by atoms with Gasteiger partial charge in [0.05, 0.1) is 40.9 Å². The second-order valence-electron chi connectivity index (χ2n) is 4.41. The first kappa shape index (κ1) is 15.6. The zero-order valence-corrected chi connectivity index (χ0v) is 15.2. The maximum absolute atomic E-state index is 6.40. The van der Waals surface area contributed by atoms with Crippen LogP contribution < -0.4 is 9.47 Å². The quantitative estimate of drug-likeness (QED) is 0.595. The molecule has 0 aliphatic heterocycles. The van der Waals surface area contributed by atoms with Gasteiger partial charge in [0.2, 0.25) is 0 Å². The average Bonchev–Trinajstić information content (AvgIpc) is 2.89. The minimum atomic E-state index is 0.380. The van der Waals surface area contributed by atoms with Crippen molar-refractivity contribution in [1.82, 2.24) is 15.2 Å². The Labute approximate surface area is 150 Å². The maximum atomic E-state index is 6.40. The van der Waals surface area contributed by atoms with Crippen LogP contribution in [0.25, 0.3) is 22.2 Å². The van der Waals surface area contributed by atoms with Crippen molar-refractivity contribution in [2.24, 2.45) is 0 Å². The summed E-state index contributed by atoms with van der Waals surface area (Å²) >= 11 is 15.0. The zero-order chi connectivity index (χ0) is 15.9. The van der Waals surface area contributed by atoms with E-state index in [0.717, 1.165) is 14.6 Å². The highest BCUT2D eigenvalue weighted by Gasteiger charge is 2.20. The van der Waals surface area contributed by atoms with Crippen molar-refractivity contribution in [1.29, 1.82) is 0 Å². The molecule has 1 N–H and O–H groups in total. The van der Waals surface area contributed by atoms with Crippen LogP contribution in [0.4, 0.5) is 0 Å². The normalized spacial score (nSPS) is 11.0. The fourth-order valence-corrected chi connectivity index (χ4v) is 3.35. The number of halogens is 3. The van der Waals surface area contributed by atoms with Crippen molar-refractivity contribution in [3.05, 3.63) is 32.1 Å². The lowest BCUT2D eigenvalue weighted by molar-refractivity contribution is 0.395. The van der Waals surface area contributed by atoms with Gasteiger partial charge < -0.3 is 9.47 Å². The van der Waals surface area contributed by atoms with E-state index in [4.69, 9.17) is 32.7 Å². The third-order valence-electron chi connectivity index (χ3n) is 3.22. The molecule has 0 aliphatic rings. The SMILES string of the molecule is COc1cc(OC)c(Cl)c(-c2cc3n[nH]c(I)c3cn2)c1Cl. The lowest BCUT2D eigenvalue weighted by Crippen LogP contribution is -1.94. The molecule has 8 heteroatoms. The van der Waals surface area contributed by atoms with Gasteiger partial charge in [-0.3, -0.25) is 10.1 Å². The minimum absolute atomic E-state index is 0.380. The van der Waals surface area contributed by atoms with E-state index in [2.05, 4.69) is 37.8 Å². The Morgan fingerprint density at radius 1 is 1.09 bits per heavy atom. The average molecular weight is 450 g/mol. The molecule has 0 saturated heterocycles. The Morgan fingerprint density at radius 3 is 2.32 bits per heavy atom. The Bertz CT molecular complexity index is 839. The zero-order valence-electron chi connectivity index (χ0n) is 11.6. The Hall–Kier alpha value is -1.25. The minimum Gasteiger partial charge on any atom is -0.495 e. The molecule has 2 aromatic heterocycles. The molecule has 0 saturated carbocycles. The van der Waals surface area contributed by atoms with Crippen LogP contribution in [0.1, 0.15) is 0 Å². The molecule has 114 valence electrons. The van der Waals surface area contributed by atoms with Gasteiger partial charge in [0.15, 0.2) is 0 Å². The second-order valence-corrected chi connectivity index (χ2v) is 6.24. The summed E-state index contributed by atoms with van der Waals surface area (Å²) in [6, 6.07) is 3.46. The first-order valence-electron chi connectivity index (χ1n) is 6.16. The van der Waals surface area contributed by atoms with E-state index in [9.17, 15) is 0 Å². The number of nitrogens with zero attached hydrogens (tertiary/aromatic N) is 2. The summed E-state index contributed by atoms with van der Waals surface area (Å²) in [5.74, 6) is 0.938. The van der Waals surface area contributed by atoms with Crippen LogP contribution in [0, 0.1) is 3.70 Å². The number of rotatable bonds is 3. The van der Waals surface area contributed by atoms with Gasteiger partial charge in [-0.1, -0.05) is 23.2 Å². The summed E-state index contributed by atoms with van der Waals surface area (Å²) in [7, 11) is 3.07. The number of nitrogens with one attached hydrogen (secondary N) is 1. The topological polar surface area (TPSA) is 60.0 Å². The van der Waals surface area contributed by atoms with E-state index in [1.807, 2.05) is 6.07 Å². The molecule has 0 atom stereocenters. The highest BCUT2D eigenvalue weighted by molar-refractivity contribution is 14.1. The summed E-state index contributed by atoms with van der Waals surface area (Å²) < 4.78 is 11.5. The van der Waals surface area contributed by atoms with Gasteiger partial charge in [-0.15, -0.1) is 0 Å². The van der Waals surface area contributed by atoms with Crippen LogP contribution in [-0.2, 0) is 0 Å². The molecule has 0 amide bonds. The van der Waals surface area contributed by atoms with E-state index in [1.54, 1.807) is 12.3 Å². The van der Waals surface area contributed by atoms with E-state index >= 15 is 0 Å².